The van der Waals surface area contributed by atoms with E-state index in [9.17, 15) is 4.79 Å². The number of benzene rings is 1. The van der Waals surface area contributed by atoms with Crippen LogP contribution in [0, 0.1) is 5.92 Å². The first-order valence-electron chi connectivity index (χ1n) is 12.9. The lowest BCUT2D eigenvalue weighted by Crippen LogP contribution is -2.44. The van der Waals surface area contributed by atoms with Crippen molar-refractivity contribution in [2.24, 2.45) is 5.92 Å². The van der Waals surface area contributed by atoms with Crippen molar-refractivity contribution in [2.75, 3.05) is 53.4 Å². The van der Waals surface area contributed by atoms with Crippen molar-refractivity contribution in [3.8, 4) is 0 Å². The maximum atomic E-state index is 12.7. The molecule has 2 amide bonds. The first-order valence-corrected chi connectivity index (χ1v) is 12.9. The van der Waals surface area contributed by atoms with E-state index in [-0.39, 0.29) is 6.03 Å². The number of amides is 2. The van der Waals surface area contributed by atoms with Gasteiger partial charge in [-0.1, -0.05) is 42.5 Å². The Morgan fingerprint density at radius 1 is 1.06 bits per heavy atom. The molecule has 4 rings (SSSR count). The van der Waals surface area contributed by atoms with E-state index >= 15 is 0 Å². The normalized spacial score (nSPS) is 22.1. The number of nitrogens with zero attached hydrogens (tertiary/aromatic N) is 3. The maximum Gasteiger partial charge on any atom is 0.317 e. The molecule has 33 heavy (non-hydrogen) atoms. The van der Waals surface area contributed by atoms with E-state index in [1.807, 2.05) is 4.90 Å². The topological polar surface area (TPSA) is 38.8 Å². The monoisotopic (exact) mass is 450 g/mol. The highest BCUT2D eigenvalue weighted by Crippen LogP contribution is 2.28. The van der Waals surface area contributed by atoms with E-state index in [4.69, 9.17) is 0 Å². The summed E-state index contributed by atoms with van der Waals surface area (Å²) >= 11 is 0. The molecule has 0 radical (unpaired) electrons. The van der Waals surface area contributed by atoms with Crippen LogP contribution < -0.4 is 5.32 Å². The second kappa shape index (κ2) is 11.8. The molecule has 2 aliphatic heterocycles. The molecule has 5 heteroatoms. The molecule has 0 bridgehead atoms. The summed E-state index contributed by atoms with van der Waals surface area (Å²) in [4.78, 5) is 19.4. The third-order valence-corrected chi connectivity index (χ3v) is 7.39. The fourth-order valence-corrected chi connectivity index (χ4v) is 5.39. The molecule has 1 aromatic rings. The predicted octanol–water partition coefficient (Wildman–Crippen LogP) is 4.63. The lowest BCUT2D eigenvalue weighted by molar-refractivity contribution is 0.181. The van der Waals surface area contributed by atoms with Gasteiger partial charge in [-0.3, -0.25) is 4.90 Å². The quantitative estimate of drug-likeness (QED) is 0.628. The van der Waals surface area contributed by atoms with Crippen LogP contribution in [-0.2, 0) is 6.54 Å². The van der Waals surface area contributed by atoms with Gasteiger partial charge in [0.15, 0.2) is 0 Å². The number of likely N-dealkylation sites (tertiary alicyclic amines) is 2. The van der Waals surface area contributed by atoms with E-state index in [1.54, 1.807) is 0 Å². The molecule has 1 aromatic carbocycles. The SMILES string of the molecule is CN(C)Cc1ccc(C2CCN(C(=O)NCCC3C=CC(CN4CCCC4)=CC3)CC2)cc1. The van der Waals surface area contributed by atoms with Crippen LogP contribution in [-0.4, -0.2) is 74.1 Å². The highest BCUT2D eigenvalue weighted by atomic mass is 16.2. The number of carbonyl (C=O) groups is 1. The Morgan fingerprint density at radius 3 is 2.42 bits per heavy atom. The lowest BCUT2D eigenvalue weighted by Gasteiger charge is -2.32. The highest BCUT2D eigenvalue weighted by molar-refractivity contribution is 5.74. The number of carbonyl (C=O) groups excluding carboxylic acids is 1. The first-order chi connectivity index (χ1) is 16.1. The van der Waals surface area contributed by atoms with Crippen molar-refractivity contribution in [3.63, 3.8) is 0 Å². The third kappa shape index (κ3) is 7.18. The molecule has 2 heterocycles. The number of hydrogen-bond donors (Lipinski definition) is 1. The molecule has 1 aliphatic carbocycles. The van der Waals surface area contributed by atoms with E-state index in [1.165, 1.54) is 42.6 Å². The Morgan fingerprint density at radius 2 is 1.79 bits per heavy atom. The van der Waals surface area contributed by atoms with Crippen LogP contribution in [0.5, 0.6) is 0 Å². The van der Waals surface area contributed by atoms with Crippen molar-refractivity contribution in [2.45, 2.75) is 51.0 Å². The zero-order chi connectivity index (χ0) is 23.0. The van der Waals surface area contributed by atoms with Crippen molar-refractivity contribution in [3.05, 3.63) is 59.2 Å². The minimum absolute atomic E-state index is 0.111. The molecule has 1 unspecified atom stereocenters. The molecule has 2 fully saturated rings. The van der Waals surface area contributed by atoms with Crippen LogP contribution in [0.25, 0.3) is 0 Å². The van der Waals surface area contributed by atoms with Gasteiger partial charge < -0.3 is 15.1 Å². The van der Waals surface area contributed by atoms with Gasteiger partial charge in [-0.25, -0.2) is 4.79 Å². The van der Waals surface area contributed by atoms with Gasteiger partial charge in [0.25, 0.3) is 0 Å². The molecule has 2 saturated heterocycles. The molecule has 0 saturated carbocycles. The minimum atomic E-state index is 0.111. The Labute approximate surface area is 200 Å². The average molecular weight is 451 g/mol. The van der Waals surface area contributed by atoms with Crippen LogP contribution >= 0.6 is 0 Å². The molecular formula is C28H42N4O. The number of rotatable bonds is 8. The molecule has 5 nitrogen and oxygen atoms in total. The Kier molecular flexibility index (Phi) is 8.63. The number of urea groups is 1. The second-order valence-electron chi connectivity index (χ2n) is 10.4. The lowest BCUT2D eigenvalue weighted by atomic mass is 9.89. The first kappa shape index (κ1) is 24.0. The van der Waals surface area contributed by atoms with Crippen molar-refractivity contribution in [1.29, 1.82) is 0 Å². The van der Waals surface area contributed by atoms with Gasteiger partial charge in [0, 0.05) is 32.7 Å². The van der Waals surface area contributed by atoms with Crippen LogP contribution in [0.15, 0.2) is 48.1 Å². The molecule has 1 N–H and O–H groups in total. The molecular weight excluding hydrogens is 408 g/mol. The molecule has 180 valence electrons. The fraction of sp³-hybridized carbons (Fsp3) is 0.607. The minimum Gasteiger partial charge on any atom is -0.338 e. The summed E-state index contributed by atoms with van der Waals surface area (Å²) in [5.74, 6) is 1.12. The second-order valence-corrected chi connectivity index (χ2v) is 10.4. The van der Waals surface area contributed by atoms with Gasteiger partial charge in [0.05, 0.1) is 0 Å². The molecule has 1 atom stereocenters. The number of allylic oxidation sites excluding steroid dienone is 2. The summed E-state index contributed by atoms with van der Waals surface area (Å²) in [5, 5.41) is 3.17. The van der Waals surface area contributed by atoms with Crippen LogP contribution in [0.3, 0.4) is 0 Å². The van der Waals surface area contributed by atoms with Crippen LogP contribution in [0.2, 0.25) is 0 Å². The Balaban J connectivity index is 1.12. The third-order valence-electron chi connectivity index (χ3n) is 7.39. The van der Waals surface area contributed by atoms with Gasteiger partial charge in [-0.2, -0.15) is 0 Å². The molecule has 3 aliphatic rings. The summed E-state index contributed by atoms with van der Waals surface area (Å²) in [6.45, 7) is 7.05. The van der Waals surface area contributed by atoms with Gasteiger partial charge in [0.2, 0.25) is 0 Å². The summed E-state index contributed by atoms with van der Waals surface area (Å²) in [5.41, 5.74) is 4.23. The van der Waals surface area contributed by atoms with Crippen LogP contribution in [0.4, 0.5) is 4.79 Å². The van der Waals surface area contributed by atoms with Gasteiger partial charge in [-0.15, -0.1) is 0 Å². The summed E-state index contributed by atoms with van der Waals surface area (Å²) in [7, 11) is 4.20. The standard InChI is InChI=1S/C28H42N4O/c1-30(2)21-24-9-11-26(12-10-24)27-14-19-32(20-15-27)28(33)29-16-13-23-5-7-25(8-6-23)22-31-17-3-4-18-31/h5,7-12,23,27H,3-4,6,13-22H2,1-2H3,(H,29,33). The van der Waals surface area contributed by atoms with Gasteiger partial charge >= 0.3 is 6.03 Å². The van der Waals surface area contributed by atoms with Crippen molar-refractivity contribution >= 4 is 6.03 Å². The zero-order valence-corrected chi connectivity index (χ0v) is 20.6. The van der Waals surface area contributed by atoms with Gasteiger partial charge in [-0.05, 0) is 94.2 Å². The zero-order valence-electron chi connectivity index (χ0n) is 20.6. The van der Waals surface area contributed by atoms with E-state index in [0.717, 1.165) is 58.4 Å². The van der Waals surface area contributed by atoms with E-state index < -0.39 is 0 Å². The van der Waals surface area contributed by atoms with E-state index in [2.05, 4.69) is 71.7 Å². The fourth-order valence-electron chi connectivity index (χ4n) is 5.39. The summed E-state index contributed by atoms with van der Waals surface area (Å²) < 4.78 is 0. The van der Waals surface area contributed by atoms with Crippen molar-refractivity contribution in [1.82, 2.24) is 20.0 Å². The predicted molar refractivity (Wildman–Crippen MR) is 136 cm³/mol. The smallest absolute Gasteiger partial charge is 0.317 e. The van der Waals surface area contributed by atoms with E-state index in [0.29, 0.717) is 11.8 Å². The molecule has 0 aromatic heterocycles. The average Bonchev–Trinajstić information content (AvgIpc) is 3.33. The van der Waals surface area contributed by atoms with Crippen molar-refractivity contribution < 1.29 is 4.79 Å². The Bertz CT molecular complexity index is 815. The number of nitrogens with one attached hydrogen (secondary N) is 1. The largest absolute Gasteiger partial charge is 0.338 e. The highest BCUT2D eigenvalue weighted by Gasteiger charge is 2.24. The summed E-state index contributed by atoms with van der Waals surface area (Å²) in [6, 6.07) is 9.17. The molecule has 0 spiro atoms. The maximum absolute atomic E-state index is 12.7. The number of hydrogen-bond acceptors (Lipinski definition) is 3. The summed E-state index contributed by atoms with van der Waals surface area (Å²) in [6.07, 6.45) is 14.0. The number of piperidine rings is 1. The van der Waals surface area contributed by atoms with Gasteiger partial charge in [0.1, 0.15) is 0 Å². The van der Waals surface area contributed by atoms with Crippen LogP contribution in [0.1, 0.15) is 55.6 Å². The Hall–Kier alpha value is -2.11.